The van der Waals surface area contributed by atoms with Crippen molar-refractivity contribution in [2.45, 2.75) is 59.0 Å². The molecule has 1 rings (SSSR count). The summed E-state index contributed by atoms with van der Waals surface area (Å²) in [5.74, 6) is 0. The van der Waals surface area contributed by atoms with Crippen LogP contribution in [0.5, 0.6) is 0 Å². The minimum Gasteiger partial charge on any atom is -0.351 e. The SMILES string of the molecule is CCC(N)Cc1cccn1CCCC(C)(C)C#N. The fourth-order valence-electron chi connectivity index (χ4n) is 2.01. The van der Waals surface area contributed by atoms with Crippen molar-refractivity contribution in [2.24, 2.45) is 11.1 Å². The topological polar surface area (TPSA) is 54.7 Å². The molecular formula is C15H25N3. The predicted molar refractivity (Wildman–Crippen MR) is 75.0 cm³/mol. The van der Waals surface area contributed by atoms with Crippen LogP contribution in [0.4, 0.5) is 0 Å². The van der Waals surface area contributed by atoms with Crippen molar-refractivity contribution in [3.63, 3.8) is 0 Å². The number of nitriles is 1. The first-order valence-corrected chi connectivity index (χ1v) is 6.79. The van der Waals surface area contributed by atoms with Crippen molar-refractivity contribution < 1.29 is 0 Å². The maximum Gasteiger partial charge on any atom is 0.0683 e. The van der Waals surface area contributed by atoms with Gasteiger partial charge in [0.05, 0.1) is 11.5 Å². The van der Waals surface area contributed by atoms with Crippen molar-refractivity contribution in [3.8, 4) is 6.07 Å². The summed E-state index contributed by atoms with van der Waals surface area (Å²) in [7, 11) is 0. The van der Waals surface area contributed by atoms with Gasteiger partial charge in [-0.15, -0.1) is 0 Å². The molecule has 1 unspecified atom stereocenters. The summed E-state index contributed by atoms with van der Waals surface area (Å²) in [4.78, 5) is 0. The van der Waals surface area contributed by atoms with Crippen LogP contribution in [0, 0.1) is 16.7 Å². The van der Waals surface area contributed by atoms with Gasteiger partial charge >= 0.3 is 0 Å². The van der Waals surface area contributed by atoms with E-state index in [0.29, 0.717) is 0 Å². The van der Waals surface area contributed by atoms with E-state index in [2.05, 4.69) is 35.9 Å². The largest absolute Gasteiger partial charge is 0.351 e. The van der Waals surface area contributed by atoms with Crippen molar-refractivity contribution >= 4 is 0 Å². The molecule has 2 N–H and O–H groups in total. The number of aromatic nitrogens is 1. The van der Waals surface area contributed by atoms with Gasteiger partial charge in [-0.3, -0.25) is 0 Å². The zero-order valence-corrected chi connectivity index (χ0v) is 11.8. The van der Waals surface area contributed by atoms with Crippen molar-refractivity contribution in [2.75, 3.05) is 0 Å². The van der Waals surface area contributed by atoms with E-state index in [1.54, 1.807) is 0 Å². The maximum absolute atomic E-state index is 8.98. The van der Waals surface area contributed by atoms with E-state index in [1.807, 2.05) is 13.8 Å². The van der Waals surface area contributed by atoms with Gasteiger partial charge in [0.2, 0.25) is 0 Å². The lowest BCUT2D eigenvalue weighted by Crippen LogP contribution is -2.23. The maximum atomic E-state index is 8.98. The van der Waals surface area contributed by atoms with Gasteiger partial charge in [0.15, 0.2) is 0 Å². The zero-order valence-electron chi connectivity index (χ0n) is 11.8. The van der Waals surface area contributed by atoms with Gasteiger partial charge in [0.1, 0.15) is 0 Å². The molecule has 1 aromatic rings. The van der Waals surface area contributed by atoms with E-state index in [-0.39, 0.29) is 11.5 Å². The average Bonchev–Trinajstić information content (AvgIpc) is 2.76. The lowest BCUT2D eigenvalue weighted by Gasteiger charge is -2.16. The third kappa shape index (κ3) is 4.54. The van der Waals surface area contributed by atoms with E-state index in [4.69, 9.17) is 11.0 Å². The molecule has 0 aliphatic carbocycles. The van der Waals surface area contributed by atoms with Crippen LogP contribution in [-0.2, 0) is 13.0 Å². The van der Waals surface area contributed by atoms with Crippen molar-refractivity contribution in [1.29, 1.82) is 5.26 Å². The lowest BCUT2D eigenvalue weighted by molar-refractivity contribution is 0.412. The fourth-order valence-corrected chi connectivity index (χ4v) is 2.01. The smallest absolute Gasteiger partial charge is 0.0683 e. The second-order valence-corrected chi connectivity index (χ2v) is 5.66. The molecule has 0 saturated carbocycles. The molecule has 0 amide bonds. The number of nitrogens with zero attached hydrogens (tertiary/aromatic N) is 2. The molecule has 0 bridgehead atoms. The summed E-state index contributed by atoms with van der Waals surface area (Å²) in [5.41, 5.74) is 7.09. The number of nitrogens with two attached hydrogens (primary N) is 1. The second-order valence-electron chi connectivity index (χ2n) is 5.66. The molecule has 0 saturated heterocycles. The summed E-state index contributed by atoms with van der Waals surface area (Å²) in [6.45, 7) is 7.09. The first-order chi connectivity index (χ1) is 8.48. The Morgan fingerprint density at radius 2 is 2.22 bits per heavy atom. The highest BCUT2D eigenvalue weighted by molar-refractivity contribution is 5.08. The Hall–Kier alpha value is -1.27. The van der Waals surface area contributed by atoms with Gasteiger partial charge in [-0.25, -0.2) is 0 Å². The Labute approximate surface area is 111 Å². The molecule has 1 atom stereocenters. The molecule has 1 aromatic heterocycles. The molecule has 1 heterocycles. The normalized spacial score (nSPS) is 13.3. The Morgan fingerprint density at radius 3 is 2.83 bits per heavy atom. The highest BCUT2D eigenvalue weighted by Gasteiger charge is 2.16. The van der Waals surface area contributed by atoms with Crippen molar-refractivity contribution in [3.05, 3.63) is 24.0 Å². The van der Waals surface area contributed by atoms with Gasteiger partial charge in [0, 0.05) is 30.9 Å². The Bertz CT molecular complexity index is 398. The summed E-state index contributed by atoms with van der Waals surface area (Å²) in [6, 6.07) is 6.81. The number of hydrogen-bond donors (Lipinski definition) is 1. The van der Waals surface area contributed by atoms with E-state index in [9.17, 15) is 0 Å². The molecule has 0 aliphatic rings. The van der Waals surface area contributed by atoms with Gasteiger partial charge in [0.25, 0.3) is 0 Å². The quantitative estimate of drug-likeness (QED) is 0.805. The van der Waals surface area contributed by atoms with E-state index < -0.39 is 0 Å². The average molecular weight is 247 g/mol. The van der Waals surface area contributed by atoms with Crippen LogP contribution >= 0.6 is 0 Å². The van der Waals surface area contributed by atoms with Crippen molar-refractivity contribution in [1.82, 2.24) is 4.57 Å². The van der Waals surface area contributed by atoms with Gasteiger partial charge < -0.3 is 10.3 Å². The Morgan fingerprint density at radius 1 is 1.50 bits per heavy atom. The van der Waals surface area contributed by atoms with E-state index in [0.717, 1.165) is 32.2 Å². The predicted octanol–water partition coefficient (Wildman–Crippen LogP) is 3.10. The highest BCUT2D eigenvalue weighted by atomic mass is 15.0. The minimum absolute atomic E-state index is 0.215. The van der Waals surface area contributed by atoms with Gasteiger partial charge in [-0.05, 0) is 45.2 Å². The summed E-state index contributed by atoms with van der Waals surface area (Å²) in [6.07, 6.45) is 6.01. The van der Waals surface area contributed by atoms with Crippen LogP contribution in [0.1, 0.15) is 45.7 Å². The standard InChI is InChI=1S/C15H25N3/c1-4-13(17)11-14-7-5-9-18(14)10-6-8-15(2,3)12-16/h5,7,9,13H,4,6,8,10-11,17H2,1-3H3. The summed E-state index contributed by atoms with van der Waals surface area (Å²) < 4.78 is 2.27. The molecule has 100 valence electrons. The Balaban J connectivity index is 2.49. The molecular weight excluding hydrogens is 222 g/mol. The fraction of sp³-hybridized carbons (Fsp3) is 0.667. The molecule has 3 heteroatoms. The minimum atomic E-state index is -0.215. The number of hydrogen-bond acceptors (Lipinski definition) is 2. The molecule has 0 aliphatic heterocycles. The third-order valence-corrected chi connectivity index (χ3v) is 3.42. The lowest BCUT2D eigenvalue weighted by atomic mass is 9.90. The summed E-state index contributed by atoms with van der Waals surface area (Å²) >= 11 is 0. The third-order valence-electron chi connectivity index (χ3n) is 3.42. The first-order valence-electron chi connectivity index (χ1n) is 6.79. The molecule has 0 spiro atoms. The highest BCUT2D eigenvalue weighted by Crippen LogP contribution is 2.21. The molecule has 0 fully saturated rings. The number of rotatable bonds is 7. The number of aryl methyl sites for hydroxylation is 1. The van der Waals surface area contributed by atoms with Gasteiger partial charge in [-0.2, -0.15) is 5.26 Å². The van der Waals surface area contributed by atoms with Crippen LogP contribution in [0.3, 0.4) is 0 Å². The van der Waals surface area contributed by atoms with Crippen LogP contribution < -0.4 is 5.73 Å². The Kier molecular flexibility index (Phi) is 5.43. The first kappa shape index (κ1) is 14.8. The molecule has 0 radical (unpaired) electrons. The van der Waals surface area contributed by atoms with Crippen LogP contribution in [0.25, 0.3) is 0 Å². The van der Waals surface area contributed by atoms with Gasteiger partial charge in [-0.1, -0.05) is 6.92 Å². The van der Waals surface area contributed by atoms with Crippen LogP contribution in [-0.4, -0.2) is 10.6 Å². The second kappa shape index (κ2) is 6.61. The zero-order chi connectivity index (χ0) is 13.6. The molecule has 3 nitrogen and oxygen atoms in total. The molecule has 18 heavy (non-hydrogen) atoms. The van der Waals surface area contributed by atoms with E-state index >= 15 is 0 Å². The van der Waals surface area contributed by atoms with Crippen LogP contribution in [0.2, 0.25) is 0 Å². The van der Waals surface area contributed by atoms with Crippen LogP contribution in [0.15, 0.2) is 18.3 Å². The monoisotopic (exact) mass is 247 g/mol. The van der Waals surface area contributed by atoms with E-state index in [1.165, 1.54) is 5.69 Å². The summed E-state index contributed by atoms with van der Waals surface area (Å²) in [5, 5.41) is 8.98. The molecule has 0 aromatic carbocycles.